The number of amides is 1. The van der Waals surface area contributed by atoms with Crippen molar-refractivity contribution >= 4 is 23.2 Å². The number of unbranched alkanes of at least 4 members (excludes halogenated alkanes) is 1. The summed E-state index contributed by atoms with van der Waals surface area (Å²) >= 11 is 5.74. The van der Waals surface area contributed by atoms with Crippen LogP contribution < -0.4 is 5.32 Å². The summed E-state index contributed by atoms with van der Waals surface area (Å²) in [4.78, 5) is 11.4. The molecule has 1 aromatic rings. The van der Waals surface area contributed by atoms with Crippen molar-refractivity contribution in [3.63, 3.8) is 0 Å². The summed E-state index contributed by atoms with van der Waals surface area (Å²) in [5, 5.41) is 2.48. The van der Waals surface area contributed by atoms with E-state index < -0.39 is 11.7 Å². The van der Waals surface area contributed by atoms with Crippen LogP contribution in [0.4, 0.5) is 18.9 Å². The van der Waals surface area contributed by atoms with E-state index in [2.05, 4.69) is 5.32 Å². The molecular formula is C12H13ClF3NO. The molecule has 1 amide bonds. The fraction of sp³-hybridized carbons (Fsp3) is 0.417. The molecule has 0 saturated carbocycles. The van der Waals surface area contributed by atoms with Gasteiger partial charge in [0.2, 0.25) is 5.91 Å². The monoisotopic (exact) mass is 279 g/mol. The van der Waals surface area contributed by atoms with Gasteiger partial charge in [0.15, 0.2) is 0 Å². The van der Waals surface area contributed by atoms with Gasteiger partial charge in [0, 0.05) is 6.42 Å². The summed E-state index contributed by atoms with van der Waals surface area (Å²) in [7, 11) is 0. The van der Waals surface area contributed by atoms with Gasteiger partial charge in [-0.2, -0.15) is 13.2 Å². The van der Waals surface area contributed by atoms with Crippen molar-refractivity contribution < 1.29 is 18.0 Å². The Kier molecular flexibility index (Phi) is 5.02. The van der Waals surface area contributed by atoms with Gasteiger partial charge in [-0.05, 0) is 24.6 Å². The quantitative estimate of drug-likeness (QED) is 0.864. The zero-order valence-electron chi connectivity index (χ0n) is 9.77. The SMILES string of the molecule is CCCCC(=O)Nc1cc(C(F)(F)F)ccc1Cl. The second-order valence-electron chi connectivity index (χ2n) is 3.84. The summed E-state index contributed by atoms with van der Waals surface area (Å²) in [6.45, 7) is 1.92. The van der Waals surface area contributed by atoms with Gasteiger partial charge in [0.1, 0.15) is 0 Å². The van der Waals surface area contributed by atoms with E-state index in [9.17, 15) is 18.0 Å². The first kappa shape index (κ1) is 14.8. The molecule has 100 valence electrons. The number of nitrogens with one attached hydrogen (secondary N) is 1. The molecule has 0 radical (unpaired) electrons. The predicted molar refractivity (Wildman–Crippen MR) is 64.6 cm³/mol. The molecule has 0 fully saturated rings. The highest BCUT2D eigenvalue weighted by atomic mass is 35.5. The Labute approximate surface area is 108 Å². The average molecular weight is 280 g/mol. The van der Waals surface area contributed by atoms with E-state index in [0.29, 0.717) is 6.42 Å². The number of alkyl halides is 3. The van der Waals surface area contributed by atoms with E-state index in [4.69, 9.17) is 11.6 Å². The molecule has 0 aliphatic rings. The minimum Gasteiger partial charge on any atom is -0.325 e. The van der Waals surface area contributed by atoms with E-state index in [0.717, 1.165) is 24.6 Å². The van der Waals surface area contributed by atoms with Crippen molar-refractivity contribution in [3.8, 4) is 0 Å². The number of carbonyl (C=O) groups excluding carboxylic acids is 1. The van der Waals surface area contributed by atoms with Crippen LogP contribution in [-0.2, 0) is 11.0 Å². The normalized spacial score (nSPS) is 11.4. The molecule has 0 heterocycles. The number of hydrogen-bond donors (Lipinski definition) is 1. The van der Waals surface area contributed by atoms with Crippen molar-refractivity contribution in [2.75, 3.05) is 5.32 Å². The van der Waals surface area contributed by atoms with Crippen LogP contribution in [0.2, 0.25) is 5.02 Å². The molecule has 0 atom stereocenters. The number of rotatable bonds is 4. The zero-order valence-corrected chi connectivity index (χ0v) is 10.5. The van der Waals surface area contributed by atoms with Crippen LogP contribution in [0.5, 0.6) is 0 Å². The number of carbonyl (C=O) groups is 1. The molecule has 1 aromatic carbocycles. The largest absolute Gasteiger partial charge is 0.416 e. The second kappa shape index (κ2) is 6.09. The topological polar surface area (TPSA) is 29.1 Å². The molecule has 0 spiro atoms. The minimum atomic E-state index is -4.45. The summed E-state index contributed by atoms with van der Waals surface area (Å²) in [6.07, 6.45) is -2.66. The first-order valence-corrected chi connectivity index (χ1v) is 5.89. The van der Waals surface area contributed by atoms with Gasteiger partial charge in [-0.25, -0.2) is 0 Å². The van der Waals surface area contributed by atoms with E-state index in [1.54, 1.807) is 0 Å². The third-order valence-corrected chi connectivity index (χ3v) is 2.65. The van der Waals surface area contributed by atoms with Crippen molar-refractivity contribution in [2.24, 2.45) is 0 Å². The number of halogens is 4. The fourth-order valence-electron chi connectivity index (χ4n) is 1.35. The fourth-order valence-corrected chi connectivity index (χ4v) is 1.51. The van der Waals surface area contributed by atoms with Crippen LogP contribution in [0.1, 0.15) is 31.7 Å². The standard InChI is InChI=1S/C12H13ClF3NO/c1-2-3-4-11(18)17-10-7-8(12(14,15)16)5-6-9(10)13/h5-7H,2-4H2,1H3,(H,17,18). The lowest BCUT2D eigenvalue weighted by Crippen LogP contribution is -2.13. The van der Waals surface area contributed by atoms with Gasteiger partial charge < -0.3 is 5.32 Å². The molecular weight excluding hydrogens is 267 g/mol. The molecule has 6 heteroatoms. The molecule has 0 aromatic heterocycles. The Hall–Kier alpha value is -1.23. The highest BCUT2D eigenvalue weighted by Crippen LogP contribution is 2.33. The van der Waals surface area contributed by atoms with Gasteiger partial charge in [0.05, 0.1) is 16.3 Å². The van der Waals surface area contributed by atoms with Crippen LogP contribution >= 0.6 is 11.6 Å². The zero-order chi connectivity index (χ0) is 13.8. The Morgan fingerprint density at radius 1 is 1.39 bits per heavy atom. The molecule has 0 aliphatic carbocycles. The molecule has 0 saturated heterocycles. The van der Waals surface area contributed by atoms with Crippen molar-refractivity contribution in [1.29, 1.82) is 0 Å². The van der Waals surface area contributed by atoms with Crippen molar-refractivity contribution in [1.82, 2.24) is 0 Å². The van der Waals surface area contributed by atoms with Crippen LogP contribution in [0.3, 0.4) is 0 Å². The predicted octanol–water partition coefficient (Wildman–Crippen LogP) is 4.49. The van der Waals surface area contributed by atoms with Crippen molar-refractivity contribution in [2.45, 2.75) is 32.4 Å². The molecule has 0 bridgehead atoms. The van der Waals surface area contributed by atoms with Crippen LogP contribution in [0.15, 0.2) is 18.2 Å². The first-order chi connectivity index (χ1) is 8.34. The maximum atomic E-state index is 12.5. The van der Waals surface area contributed by atoms with Crippen LogP contribution in [0, 0.1) is 0 Å². The number of anilines is 1. The smallest absolute Gasteiger partial charge is 0.325 e. The lowest BCUT2D eigenvalue weighted by atomic mass is 10.2. The van der Waals surface area contributed by atoms with Gasteiger partial charge in [-0.3, -0.25) is 4.79 Å². The number of benzene rings is 1. The molecule has 2 nitrogen and oxygen atoms in total. The maximum absolute atomic E-state index is 12.5. The van der Waals surface area contributed by atoms with Crippen LogP contribution in [0.25, 0.3) is 0 Å². The van der Waals surface area contributed by atoms with E-state index in [-0.39, 0.29) is 23.0 Å². The van der Waals surface area contributed by atoms with E-state index in [1.807, 2.05) is 6.92 Å². The Morgan fingerprint density at radius 3 is 2.61 bits per heavy atom. The third kappa shape index (κ3) is 4.22. The summed E-state index contributed by atoms with van der Waals surface area (Å²) < 4.78 is 37.5. The minimum absolute atomic E-state index is 0.00686. The molecule has 0 aliphatic heterocycles. The van der Waals surface area contributed by atoms with Crippen LogP contribution in [-0.4, -0.2) is 5.91 Å². The summed E-state index contributed by atoms with van der Waals surface area (Å²) in [5.74, 6) is -0.335. The maximum Gasteiger partial charge on any atom is 0.416 e. The molecule has 0 unspecified atom stereocenters. The van der Waals surface area contributed by atoms with Gasteiger partial charge in [-0.15, -0.1) is 0 Å². The lowest BCUT2D eigenvalue weighted by Gasteiger charge is -2.11. The lowest BCUT2D eigenvalue weighted by molar-refractivity contribution is -0.137. The van der Waals surface area contributed by atoms with E-state index in [1.165, 1.54) is 0 Å². The van der Waals surface area contributed by atoms with Gasteiger partial charge in [0.25, 0.3) is 0 Å². The van der Waals surface area contributed by atoms with E-state index >= 15 is 0 Å². The highest BCUT2D eigenvalue weighted by molar-refractivity contribution is 6.33. The summed E-state index contributed by atoms with van der Waals surface area (Å²) in [5.41, 5.74) is -0.842. The average Bonchev–Trinajstić information content (AvgIpc) is 2.28. The summed E-state index contributed by atoms with van der Waals surface area (Å²) in [6, 6.07) is 2.84. The second-order valence-corrected chi connectivity index (χ2v) is 4.25. The first-order valence-electron chi connectivity index (χ1n) is 5.51. The van der Waals surface area contributed by atoms with Gasteiger partial charge >= 0.3 is 6.18 Å². The number of hydrogen-bond acceptors (Lipinski definition) is 1. The Bertz CT molecular complexity index is 432. The van der Waals surface area contributed by atoms with Gasteiger partial charge in [-0.1, -0.05) is 24.9 Å². The molecule has 1 N–H and O–H groups in total. The highest BCUT2D eigenvalue weighted by Gasteiger charge is 2.31. The van der Waals surface area contributed by atoms with Crippen molar-refractivity contribution in [3.05, 3.63) is 28.8 Å². The molecule has 1 rings (SSSR count). The molecule has 18 heavy (non-hydrogen) atoms. The Morgan fingerprint density at radius 2 is 2.06 bits per heavy atom. The third-order valence-electron chi connectivity index (χ3n) is 2.33. The Balaban J connectivity index is 2.85.